The largest absolute Gasteiger partial charge is 0.456 e. The second-order valence-corrected chi connectivity index (χ2v) is 5.34. The van der Waals surface area contributed by atoms with E-state index in [1.165, 1.54) is 7.11 Å². The van der Waals surface area contributed by atoms with Gasteiger partial charge in [-0.25, -0.2) is 9.48 Å². The molecule has 1 heterocycles. The van der Waals surface area contributed by atoms with Gasteiger partial charge in [0, 0.05) is 13.7 Å². The molecular weight excluding hydrogens is 358 g/mol. The van der Waals surface area contributed by atoms with Crippen molar-refractivity contribution < 1.29 is 23.9 Å². The number of hydrogen-bond acceptors (Lipinski definition) is 8. The zero-order valence-corrected chi connectivity index (χ0v) is 14.6. The molecule has 0 unspecified atom stereocenters. The van der Waals surface area contributed by atoms with Gasteiger partial charge in [0.05, 0.1) is 25.0 Å². The van der Waals surface area contributed by atoms with Crippen LogP contribution in [0.5, 0.6) is 0 Å². The fraction of sp³-hybridized carbons (Fsp3) is 0.375. The van der Waals surface area contributed by atoms with E-state index in [1.54, 1.807) is 24.3 Å². The van der Waals surface area contributed by atoms with Gasteiger partial charge in [-0.1, -0.05) is 17.3 Å². The third kappa shape index (κ3) is 6.15. The van der Waals surface area contributed by atoms with E-state index in [0.29, 0.717) is 17.5 Å². The quantitative estimate of drug-likeness (QED) is 0.450. The number of hydrogen-bond donors (Lipinski definition) is 2. The molecule has 2 aromatic rings. The first-order valence-corrected chi connectivity index (χ1v) is 8.06. The van der Waals surface area contributed by atoms with Crippen LogP contribution in [0.4, 0.5) is 4.79 Å². The van der Waals surface area contributed by atoms with Crippen LogP contribution in [0.25, 0.3) is 10.9 Å². The minimum atomic E-state index is -0.777. The Kier molecular flexibility index (Phi) is 7.37. The molecule has 11 heteroatoms. The van der Waals surface area contributed by atoms with Crippen molar-refractivity contribution in [2.24, 2.45) is 0 Å². The Bertz CT molecular complexity index is 881. The van der Waals surface area contributed by atoms with Gasteiger partial charge in [0.1, 0.15) is 5.52 Å². The number of rotatable bonds is 8. The summed E-state index contributed by atoms with van der Waals surface area (Å²) >= 11 is 0. The highest BCUT2D eigenvalue weighted by Crippen LogP contribution is 2.03. The molecule has 0 saturated heterocycles. The van der Waals surface area contributed by atoms with E-state index < -0.39 is 24.5 Å². The number of amides is 3. The van der Waals surface area contributed by atoms with Gasteiger partial charge in [0.2, 0.25) is 0 Å². The van der Waals surface area contributed by atoms with E-state index in [9.17, 15) is 19.2 Å². The third-order valence-electron chi connectivity index (χ3n) is 3.37. The van der Waals surface area contributed by atoms with Gasteiger partial charge in [0.15, 0.2) is 6.61 Å². The lowest BCUT2D eigenvalue weighted by molar-refractivity contribution is -0.148. The maximum atomic E-state index is 12.2. The van der Waals surface area contributed by atoms with Crippen LogP contribution >= 0.6 is 0 Å². The number of fused-ring (bicyclic) bond motifs is 1. The molecule has 2 rings (SSSR count). The van der Waals surface area contributed by atoms with E-state index in [2.05, 4.69) is 15.6 Å². The average molecular weight is 377 g/mol. The fourth-order valence-electron chi connectivity index (χ4n) is 2.06. The normalized spacial score (nSPS) is 10.4. The van der Waals surface area contributed by atoms with Gasteiger partial charge in [0.25, 0.3) is 11.5 Å². The number of nitrogens with zero attached hydrogens (tertiary/aromatic N) is 3. The summed E-state index contributed by atoms with van der Waals surface area (Å²) in [5.41, 5.74) is 0.0839. The highest BCUT2D eigenvalue weighted by Gasteiger charge is 2.12. The van der Waals surface area contributed by atoms with Crippen molar-refractivity contribution in [3.8, 4) is 0 Å². The van der Waals surface area contributed by atoms with Crippen LogP contribution in [0.2, 0.25) is 0 Å². The van der Waals surface area contributed by atoms with Gasteiger partial charge in [-0.3, -0.25) is 19.7 Å². The summed E-state index contributed by atoms with van der Waals surface area (Å²) in [6.07, 6.45) is -0.180. The Morgan fingerprint density at radius 1 is 1.22 bits per heavy atom. The molecular formula is C16H19N5O6. The van der Waals surface area contributed by atoms with Gasteiger partial charge < -0.3 is 14.8 Å². The molecule has 0 aliphatic rings. The van der Waals surface area contributed by atoms with Crippen molar-refractivity contribution in [2.75, 3.05) is 26.9 Å². The first-order valence-electron chi connectivity index (χ1n) is 8.06. The van der Waals surface area contributed by atoms with Crippen molar-refractivity contribution in [3.05, 3.63) is 34.6 Å². The minimum absolute atomic E-state index is 0.0470. The third-order valence-corrected chi connectivity index (χ3v) is 3.37. The number of aryl methyl sites for hydroxylation is 1. The van der Waals surface area contributed by atoms with Crippen molar-refractivity contribution in [1.82, 2.24) is 25.6 Å². The minimum Gasteiger partial charge on any atom is -0.456 e. The summed E-state index contributed by atoms with van der Waals surface area (Å²) in [5, 5.41) is 12.4. The number of benzene rings is 1. The summed E-state index contributed by atoms with van der Waals surface area (Å²) < 4.78 is 10.5. The zero-order chi connectivity index (χ0) is 19.6. The van der Waals surface area contributed by atoms with Crippen LogP contribution in [0.1, 0.15) is 6.42 Å². The molecule has 0 bridgehead atoms. The molecule has 0 fully saturated rings. The van der Waals surface area contributed by atoms with E-state index in [4.69, 9.17) is 9.47 Å². The standard InChI is InChI=1S/C16H19N5O6/c1-26-9-7-17-16(25)18-13(22)10-27-14(23)6-8-21-15(24)11-4-2-3-5-12(11)19-20-21/h2-5H,6-10H2,1H3,(H2,17,18,22,25). The van der Waals surface area contributed by atoms with Crippen LogP contribution in [0.15, 0.2) is 29.1 Å². The van der Waals surface area contributed by atoms with Gasteiger partial charge in [-0.2, -0.15) is 0 Å². The molecule has 0 aliphatic heterocycles. The van der Waals surface area contributed by atoms with Crippen molar-refractivity contribution >= 4 is 28.8 Å². The Morgan fingerprint density at radius 2 is 2.00 bits per heavy atom. The molecule has 0 atom stereocenters. The summed E-state index contributed by atoms with van der Waals surface area (Å²) in [7, 11) is 1.47. The first-order chi connectivity index (χ1) is 13.0. The number of imide groups is 1. The van der Waals surface area contributed by atoms with Gasteiger partial charge >= 0.3 is 12.0 Å². The Balaban J connectivity index is 1.76. The zero-order valence-electron chi connectivity index (χ0n) is 14.6. The van der Waals surface area contributed by atoms with E-state index in [0.717, 1.165) is 4.68 Å². The molecule has 0 aliphatic carbocycles. The van der Waals surface area contributed by atoms with Gasteiger partial charge in [-0.05, 0) is 12.1 Å². The predicted octanol–water partition coefficient (Wildman–Crippen LogP) is -0.803. The lowest BCUT2D eigenvalue weighted by atomic mass is 10.2. The molecule has 3 amide bonds. The number of methoxy groups -OCH3 is 1. The van der Waals surface area contributed by atoms with Crippen LogP contribution < -0.4 is 16.2 Å². The Morgan fingerprint density at radius 3 is 2.78 bits per heavy atom. The van der Waals surface area contributed by atoms with Crippen LogP contribution in [-0.2, 0) is 25.6 Å². The maximum Gasteiger partial charge on any atom is 0.321 e. The Labute approximate surface area is 153 Å². The van der Waals surface area contributed by atoms with Crippen LogP contribution in [0, 0.1) is 0 Å². The van der Waals surface area contributed by atoms with Gasteiger partial charge in [-0.15, -0.1) is 5.10 Å². The lowest BCUT2D eigenvalue weighted by Gasteiger charge is -2.07. The van der Waals surface area contributed by atoms with Crippen molar-refractivity contribution in [2.45, 2.75) is 13.0 Å². The van der Waals surface area contributed by atoms with Crippen molar-refractivity contribution in [3.63, 3.8) is 0 Å². The summed E-state index contributed by atoms with van der Waals surface area (Å²) in [5.74, 6) is -1.49. The second-order valence-electron chi connectivity index (χ2n) is 5.34. The smallest absolute Gasteiger partial charge is 0.321 e. The molecule has 1 aromatic carbocycles. The number of urea groups is 1. The monoisotopic (exact) mass is 377 g/mol. The number of carbonyl (C=O) groups is 3. The number of ether oxygens (including phenoxy) is 2. The molecule has 0 radical (unpaired) electrons. The molecule has 144 valence electrons. The fourth-order valence-corrected chi connectivity index (χ4v) is 2.06. The van der Waals surface area contributed by atoms with E-state index >= 15 is 0 Å². The maximum absolute atomic E-state index is 12.2. The molecule has 2 N–H and O–H groups in total. The average Bonchev–Trinajstić information content (AvgIpc) is 2.66. The first kappa shape index (κ1) is 20.0. The molecule has 1 aromatic heterocycles. The van der Waals surface area contributed by atoms with E-state index in [-0.39, 0.29) is 25.1 Å². The Hall–Kier alpha value is -3.34. The summed E-state index contributed by atoms with van der Waals surface area (Å²) in [4.78, 5) is 46.8. The lowest BCUT2D eigenvalue weighted by Crippen LogP contribution is -2.42. The highest BCUT2D eigenvalue weighted by atomic mass is 16.5. The number of nitrogens with one attached hydrogen (secondary N) is 2. The predicted molar refractivity (Wildman–Crippen MR) is 92.8 cm³/mol. The summed E-state index contributed by atoms with van der Waals surface area (Å²) in [6, 6.07) is 6.00. The number of aromatic nitrogens is 3. The molecule has 0 saturated carbocycles. The number of carbonyl (C=O) groups excluding carboxylic acids is 3. The molecule has 11 nitrogen and oxygen atoms in total. The van der Waals surface area contributed by atoms with E-state index in [1.807, 2.05) is 5.32 Å². The second kappa shape index (κ2) is 9.97. The van der Waals surface area contributed by atoms with Crippen molar-refractivity contribution in [1.29, 1.82) is 0 Å². The number of esters is 1. The molecule has 0 spiro atoms. The van der Waals surface area contributed by atoms with Crippen LogP contribution in [0.3, 0.4) is 0 Å². The topological polar surface area (TPSA) is 142 Å². The highest BCUT2D eigenvalue weighted by molar-refractivity contribution is 5.95. The van der Waals surface area contributed by atoms with Crippen LogP contribution in [-0.4, -0.2) is 59.8 Å². The molecule has 27 heavy (non-hydrogen) atoms. The SMILES string of the molecule is COCCNC(=O)NC(=O)COC(=O)CCn1nnc2ccccc2c1=O. The summed E-state index contributed by atoms with van der Waals surface area (Å²) in [6.45, 7) is -0.131.